The van der Waals surface area contributed by atoms with Crippen LogP contribution in [0.1, 0.15) is 11.6 Å². The molecular weight excluding hydrogens is 207 g/mol. The van der Waals surface area contributed by atoms with Gasteiger partial charge in [0.15, 0.2) is 0 Å². The molecule has 0 saturated carbocycles. The van der Waals surface area contributed by atoms with E-state index in [0.29, 0.717) is 11.8 Å². The van der Waals surface area contributed by atoms with E-state index >= 15 is 0 Å². The molecule has 1 unspecified atom stereocenters. The predicted molar refractivity (Wildman–Crippen MR) is 49.6 cm³/mol. The Balaban J connectivity index is 2.50. The van der Waals surface area contributed by atoms with Crippen LogP contribution in [0.2, 0.25) is 0 Å². The van der Waals surface area contributed by atoms with Crippen LogP contribution in [0.5, 0.6) is 0 Å². The summed E-state index contributed by atoms with van der Waals surface area (Å²) in [4.78, 5) is 0. The van der Waals surface area contributed by atoms with Crippen molar-refractivity contribution >= 4 is 0 Å². The summed E-state index contributed by atoms with van der Waals surface area (Å²) in [5.41, 5.74) is 6.24. The van der Waals surface area contributed by atoms with Gasteiger partial charge in [0.2, 0.25) is 0 Å². The van der Waals surface area contributed by atoms with E-state index in [1.165, 1.54) is 24.3 Å². The minimum atomic E-state index is -1.92. The molecule has 0 saturated heterocycles. The van der Waals surface area contributed by atoms with Crippen molar-refractivity contribution in [2.75, 3.05) is 6.61 Å². The Morgan fingerprint density at radius 2 is 1.93 bits per heavy atom. The summed E-state index contributed by atoms with van der Waals surface area (Å²) in [6.45, 7) is -0.0804. The SMILES string of the molecule is NC(COC=C(F)F)c1ccc(F)cc1. The molecule has 0 radical (unpaired) electrons. The summed E-state index contributed by atoms with van der Waals surface area (Å²) in [6, 6.07) is 4.92. The number of nitrogens with two attached hydrogens (primary N) is 1. The molecule has 0 bridgehead atoms. The second-order valence-electron chi connectivity index (χ2n) is 2.90. The van der Waals surface area contributed by atoms with Gasteiger partial charge in [0.05, 0.1) is 6.04 Å². The molecule has 15 heavy (non-hydrogen) atoms. The third-order valence-corrected chi connectivity index (χ3v) is 1.75. The molecule has 2 nitrogen and oxygen atoms in total. The van der Waals surface area contributed by atoms with Crippen LogP contribution >= 0.6 is 0 Å². The van der Waals surface area contributed by atoms with Crippen LogP contribution in [0, 0.1) is 5.82 Å². The standard InChI is InChI=1S/C10H10F3NO/c11-8-3-1-7(2-4-8)9(14)5-15-6-10(12)13/h1-4,6,9H,5,14H2. The molecule has 0 aliphatic heterocycles. The maximum absolute atomic E-state index is 12.5. The summed E-state index contributed by atoms with van der Waals surface area (Å²) in [5.74, 6) is -0.374. The van der Waals surface area contributed by atoms with Crippen LogP contribution < -0.4 is 5.73 Å². The topological polar surface area (TPSA) is 35.2 Å². The minimum absolute atomic E-state index is 0.0804. The zero-order valence-corrected chi connectivity index (χ0v) is 7.79. The molecule has 0 spiro atoms. The Morgan fingerprint density at radius 3 is 2.47 bits per heavy atom. The van der Waals surface area contributed by atoms with E-state index in [4.69, 9.17) is 5.73 Å². The van der Waals surface area contributed by atoms with Crippen molar-refractivity contribution in [1.29, 1.82) is 0 Å². The lowest BCUT2D eigenvalue weighted by atomic mass is 10.1. The quantitative estimate of drug-likeness (QED) is 0.786. The predicted octanol–water partition coefficient (Wildman–Crippen LogP) is 2.58. The fourth-order valence-electron chi connectivity index (χ4n) is 1.02. The van der Waals surface area contributed by atoms with Crippen molar-refractivity contribution in [1.82, 2.24) is 0 Å². The summed E-state index contributed by atoms with van der Waals surface area (Å²) in [6.07, 6.45) is -1.58. The van der Waals surface area contributed by atoms with Gasteiger partial charge >= 0.3 is 6.08 Å². The Labute approximate surface area is 85.2 Å². The fraction of sp³-hybridized carbons (Fsp3) is 0.200. The summed E-state index contributed by atoms with van der Waals surface area (Å²) in [5, 5.41) is 0. The molecule has 0 aliphatic rings. The van der Waals surface area contributed by atoms with E-state index in [1.54, 1.807) is 0 Å². The number of rotatable bonds is 4. The molecule has 1 aromatic carbocycles. The van der Waals surface area contributed by atoms with E-state index in [2.05, 4.69) is 4.74 Å². The number of hydrogen-bond acceptors (Lipinski definition) is 2. The van der Waals surface area contributed by atoms with E-state index in [-0.39, 0.29) is 12.4 Å². The third kappa shape index (κ3) is 4.03. The van der Waals surface area contributed by atoms with Gasteiger partial charge in [-0.15, -0.1) is 0 Å². The Kier molecular flexibility index (Phi) is 4.17. The largest absolute Gasteiger partial charge is 0.494 e. The zero-order valence-electron chi connectivity index (χ0n) is 7.79. The first kappa shape index (κ1) is 11.6. The highest BCUT2D eigenvalue weighted by Crippen LogP contribution is 2.11. The maximum Gasteiger partial charge on any atom is 0.304 e. The summed E-state index contributed by atoms with van der Waals surface area (Å²) in [7, 11) is 0. The molecule has 1 rings (SSSR count). The first-order valence-electron chi connectivity index (χ1n) is 4.23. The van der Waals surface area contributed by atoms with Crippen LogP contribution in [0.3, 0.4) is 0 Å². The van der Waals surface area contributed by atoms with E-state index in [9.17, 15) is 13.2 Å². The van der Waals surface area contributed by atoms with Crippen LogP contribution in [0.15, 0.2) is 36.6 Å². The van der Waals surface area contributed by atoms with Crippen molar-refractivity contribution in [2.24, 2.45) is 5.73 Å². The molecule has 5 heteroatoms. The van der Waals surface area contributed by atoms with Crippen molar-refractivity contribution < 1.29 is 17.9 Å². The normalized spacial score (nSPS) is 12.0. The lowest BCUT2D eigenvalue weighted by Crippen LogP contribution is -2.15. The van der Waals surface area contributed by atoms with Crippen molar-refractivity contribution in [3.63, 3.8) is 0 Å². The van der Waals surface area contributed by atoms with Crippen LogP contribution in [0.25, 0.3) is 0 Å². The van der Waals surface area contributed by atoms with Gasteiger partial charge in [-0.2, -0.15) is 8.78 Å². The van der Waals surface area contributed by atoms with Gasteiger partial charge in [0.25, 0.3) is 0 Å². The monoisotopic (exact) mass is 217 g/mol. The summed E-state index contributed by atoms with van der Waals surface area (Å²) < 4.78 is 40.2. The number of ether oxygens (including phenoxy) is 1. The highest BCUT2D eigenvalue weighted by atomic mass is 19.3. The van der Waals surface area contributed by atoms with Crippen molar-refractivity contribution in [2.45, 2.75) is 6.04 Å². The van der Waals surface area contributed by atoms with Gasteiger partial charge < -0.3 is 10.5 Å². The fourth-order valence-corrected chi connectivity index (χ4v) is 1.02. The highest BCUT2D eigenvalue weighted by Gasteiger charge is 2.05. The van der Waals surface area contributed by atoms with Gasteiger partial charge in [0, 0.05) is 0 Å². The van der Waals surface area contributed by atoms with E-state index in [0.717, 1.165) is 0 Å². The number of halogens is 3. The second-order valence-corrected chi connectivity index (χ2v) is 2.90. The molecule has 0 aliphatic carbocycles. The second kappa shape index (κ2) is 5.41. The number of hydrogen-bond donors (Lipinski definition) is 1. The van der Waals surface area contributed by atoms with E-state index < -0.39 is 12.1 Å². The molecule has 82 valence electrons. The van der Waals surface area contributed by atoms with Crippen molar-refractivity contribution in [3.05, 3.63) is 48.0 Å². The average molecular weight is 217 g/mol. The first-order valence-corrected chi connectivity index (χ1v) is 4.23. The molecular formula is C10H10F3NO. The molecule has 1 aromatic rings. The van der Waals surface area contributed by atoms with Gasteiger partial charge in [-0.05, 0) is 17.7 Å². The molecule has 0 heterocycles. The molecule has 0 fully saturated rings. The lowest BCUT2D eigenvalue weighted by Gasteiger charge is -2.10. The molecule has 0 amide bonds. The van der Waals surface area contributed by atoms with E-state index in [1.807, 2.05) is 0 Å². The zero-order chi connectivity index (χ0) is 11.3. The Bertz CT molecular complexity index is 333. The lowest BCUT2D eigenvalue weighted by molar-refractivity contribution is 0.207. The third-order valence-electron chi connectivity index (χ3n) is 1.75. The maximum atomic E-state index is 12.5. The minimum Gasteiger partial charge on any atom is -0.494 e. The highest BCUT2D eigenvalue weighted by molar-refractivity contribution is 5.19. The van der Waals surface area contributed by atoms with Gasteiger partial charge in [0.1, 0.15) is 18.7 Å². The number of benzene rings is 1. The van der Waals surface area contributed by atoms with Gasteiger partial charge in [-0.1, -0.05) is 12.1 Å². The van der Waals surface area contributed by atoms with Crippen LogP contribution in [0.4, 0.5) is 13.2 Å². The Morgan fingerprint density at radius 1 is 1.33 bits per heavy atom. The Hall–Kier alpha value is -1.49. The van der Waals surface area contributed by atoms with Crippen LogP contribution in [-0.4, -0.2) is 6.61 Å². The molecule has 1 atom stereocenters. The van der Waals surface area contributed by atoms with Crippen LogP contribution in [-0.2, 0) is 4.74 Å². The van der Waals surface area contributed by atoms with Gasteiger partial charge in [-0.3, -0.25) is 0 Å². The van der Waals surface area contributed by atoms with Crippen molar-refractivity contribution in [3.8, 4) is 0 Å². The molecule has 2 N–H and O–H groups in total. The first-order chi connectivity index (χ1) is 7.09. The smallest absolute Gasteiger partial charge is 0.304 e. The van der Waals surface area contributed by atoms with Gasteiger partial charge in [-0.25, -0.2) is 4.39 Å². The average Bonchev–Trinajstić information content (AvgIpc) is 2.18. The summed E-state index contributed by atoms with van der Waals surface area (Å²) >= 11 is 0. The molecule has 0 aromatic heterocycles.